The van der Waals surface area contributed by atoms with Gasteiger partial charge >= 0.3 is 6.18 Å². The van der Waals surface area contributed by atoms with Crippen LogP contribution in [0.5, 0.6) is 0 Å². The molecule has 1 atom stereocenters. The third-order valence-electron chi connectivity index (χ3n) is 5.21. The molecule has 0 aliphatic carbocycles. The molecule has 0 unspecified atom stereocenters. The fourth-order valence-corrected chi connectivity index (χ4v) is 4.29. The third kappa shape index (κ3) is 8.43. The molecular weight excluding hydrogens is 477 g/mol. The van der Waals surface area contributed by atoms with Gasteiger partial charge in [0.15, 0.2) is 0 Å². The van der Waals surface area contributed by atoms with Crippen LogP contribution in [0.4, 0.5) is 18.9 Å². The van der Waals surface area contributed by atoms with E-state index in [0.29, 0.717) is 12.1 Å². The van der Waals surface area contributed by atoms with Gasteiger partial charge in [0.25, 0.3) is 0 Å². The second kappa shape index (κ2) is 12.4. The minimum Gasteiger partial charge on any atom is -0.344 e. The van der Waals surface area contributed by atoms with Gasteiger partial charge in [-0.1, -0.05) is 60.7 Å². The van der Waals surface area contributed by atoms with Gasteiger partial charge in [-0.25, -0.2) is 0 Å². The van der Waals surface area contributed by atoms with Gasteiger partial charge in [-0.3, -0.25) is 14.4 Å². The Kier molecular flexibility index (Phi) is 9.31. The van der Waals surface area contributed by atoms with Crippen LogP contribution in [-0.4, -0.2) is 41.3 Å². The lowest BCUT2D eigenvalue weighted by atomic mass is 10.1. The van der Waals surface area contributed by atoms with Crippen LogP contribution in [0.3, 0.4) is 0 Å². The number of alkyl halides is 3. The van der Waals surface area contributed by atoms with Gasteiger partial charge in [0, 0.05) is 5.69 Å². The average Bonchev–Trinajstić information content (AvgIpc) is 2.82. The number of Topliss-reactive ketones (excluding diaryl/α,β-unsaturated/α-hetero) is 1. The maximum atomic E-state index is 13.0. The predicted molar refractivity (Wildman–Crippen MR) is 132 cm³/mol. The van der Waals surface area contributed by atoms with E-state index in [0.717, 1.165) is 28.1 Å². The molecule has 0 spiro atoms. The highest BCUT2D eigenvalue weighted by molar-refractivity contribution is 7.99. The van der Waals surface area contributed by atoms with E-state index >= 15 is 0 Å². The van der Waals surface area contributed by atoms with E-state index in [2.05, 4.69) is 10.6 Å². The molecule has 3 aromatic rings. The fraction of sp³-hybridized carbons (Fsp3) is 0.269. The smallest absolute Gasteiger partial charge is 0.344 e. The number of anilines is 1. The maximum Gasteiger partial charge on any atom is 0.450 e. The molecule has 184 valence electrons. The molecule has 3 aromatic carbocycles. The van der Waals surface area contributed by atoms with Crippen molar-refractivity contribution in [1.29, 1.82) is 0 Å². The quantitative estimate of drug-likeness (QED) is 0.356. The molecule has 0 saturated heterocycles. The molecule has 9 heteroatoms. The number of carbonyl (C=O) groups excluding carboxylic acids is 3. The Morgan fingerprint density at radius 1 is 0.886 bits per heavy atom. The topological polar surface area (TPSA) is 75.3 Å². The number of benzene rings is 3. The molecule has 35 heavy (non-hydrogen) atoms. The summed E-state index contributed by atoms with van der Waals surface area (Å²) in [5.41, 5.74) is 1.36. The van der Waals surface area contributed by atoms with E-state index in [9.17, 15) is 27.6 Å². The largest absolute Gasteiger partial charge is 0.450 e. The number of hydrogen-bond donors (Lipinski definition) is 2. The molecule has 0 fully saturated rings. The molecular formula is C26H25F3N2O3S. The molecule has 0 heterocycles. The number of nitrogens with one attached hydrogen (secondary N) is 2. The molecule has 0 radical (unpaired) electrons. The second-order valence-corrected chi connectivity index (χ2v) is 9.05. The van der Waals surface area contributed by atoms with Crippen molar-refractivity contribution in [2.75, 3.05) is 16.8 Å². The summed E-state index contributed by atoms with van der Waals surface area (Å²) in [5, 5.41) is 7.52. The SMILES string of the molecule is O=C(Cc1ccccc1)N[C@@H](CCCSCC(=O)C(F)(F)F)C(=O)Nc1ccc2ccccc2c1. The highest BCUT2D eigenvalue weighted by atomic mass is 32.2. The van der Waals surface area contributed by atoms with E-state index in [4.69, 9.17) is 0 Å². The normalized spacial score (nSPS) is 12.2. The maximum absolute atomic E-state index is 13.0. The molecule has 0 bridgehead atoms. The Hall–Kier alpha value is -3.33. The zero-order valence-electron chi connectivity index (χ0n) is 18.8. The Balaban J connectivity index is 1.61. The predicted octanol–water partition coefficient (Wildman–Crippen LogP) is 5.15. The molecule has 5 nitrogen and oxygen atoms in total. The van der Waals surface area contributed by atoms with E-state index in [1.165, 1.54) is 0 Å². The molecule has 0 aliphatic rings. The Bertz CT molecular complexity index is 1170. The monoisotopic (exact) mass is 502 g/mol. The van der Waals surface area contributed by atoms with Crippen LogP contribution in [-0.2, 0) is 20.8 Å². The van der Waals surface area contributed by atoms with Crippen molar-refractivity contribution < 1.29 is 27.6 Å². The second-order valence-electron chi connectivity index (χ2n) is 7.95. The van der Waals surface area contributed by atoms with Gasteiger partial charge in [-0.05, 0) is 47.1 Å². The van der Waals surface area contributed by atoms with Gasteiger partial charge < -0.3 is 10.6 Å². The Morgan fingerprint density at radius 3 is 2.29 bits per heavy atom. The lowest BCUT2D eigenvalue weighted by Crippen LogP contribution is -2.44. The van der Waals surface area contributed by atoms with Crippen molar-refractivity contribution in [1.82, 2.24) is 5.32 Å². The van der Waals surface area contributed by atoms with E-state index in [1.54, 1.807) is 18.2 Å². The lowest BCUT2D eigenvalue weighted by Gasteiger charge is -2.19. The zero-order chi connectivity index (χ0) is 25.3. The number of fused-ring (bicyclic) bond motifs is 1. The van der Waals surface area contributed by atoms with Crippen LogP contribution in [0.2, 0.25) is 0 Å². The first-order valence-corrected chi connectivity index (χ1v) is 12.2. The fourth-order valence-electron chi connectivity index (χ4n) is 3.43. The lowest BCUT2D eigenvalue weighted by molar-refractivity contribution is -0.167. The first-order valence-electron chi connectivity index (χ1n) is 11.0. The number of hydrogen-bond acceptors (Lipinski definition) is 4. The summed E-state index contributed by atoms with van der Waals surface area (Å²) >= 11 is 0.855. The van der Waals surface area contributed by atoms with E-state index in [1.807, 2.05) is 54.6 Å². The average molecular weight is 503 g/mol. The first-order chi connectivity index (χ1) is 16.7. The zero-order valence-corrected chi connectivity index (χ0v) is 19.6. The van der Waals surface area contributed by atoms with Crippen molar-refractivity contribution in [3.05, 3.63) is 78.4 Å². The first kappa shape index (κ1) is 26.3. The molecule has 2 N–H and O–H groups in total. The van der Waals surface area contributed by atoms with Crippen LogP contribution in [0.25, 0.3) is 10.8 Å². The summed E-state index contributed by atoms with van der Waals surface area (Å²) in [7, 11) is 0. The van der Waals surface area contributed by atoms with Gasteiger partial charge in [0.2, 0.25) is 17.6 Å². The van der Waals surface area contributed by atoms with Crippen molar-refractivity contribution in [3.63, 3.8) is 0 Å². The molecule has 0 aliphatic heterocycles. The van der Waals surface area contributed by atoms with Crippen LogP contribution in [0.1, 0.15) is 18.4 Å². The van der Waals surface area contributed by atoms with Crippen LogP contribution >= 0.6 is 11.8 Å². The van der Waals surface area contributed by atoms with E-state index in [-0.39, 0.29) is 24.5 Å². The number of carbonyl (C=O) groups is 3. The number of rotatable bonds is 11. The molecule has 0 saturated carbocycles. The summed E-state index contributed by atoms with van der Waals surface area (Å²) in [6.07, 6.45) is -4.19. The van der Waals surface area contributed by atoms with Crippen molar-refractivity contribution >= 4 is 45.8 Å². The van der Waals surface area contributed by atoms with Crippen LogP contribution in [0, 0.1) is 0 Å². The molecule has 3 rings (SSSR count). The highest BCUT2D eigenvalue weighted by Crippen LogP contribution is 2.21. The number of halogens is 3. The van der Waals surface area contributed by atoms with Crippen molar-refractivity contribution in [3.8, 4) is 0 Å². The van der Waals surface area contributed by atoms with Crippen LogP contribution < -0.4 is 10.6 Å². The Labute approximate surface area is 205 Å². The summed E-state index contributed by atoms with van der Waals surface area (Å²) in [4.78, 5) is 36.6. The summed E-state index contributed by atoms with van der Waals surface area (Å²) in [6, 6.07) is 21.3. The number of ketones is 1. The Morgan fingerprint density at radius 2 is 1.57 bits per heavy atom. The van der Waals surface area contributed by atoms with Gasteiger partial charge in [0.05, 0.1) is 12.2 Å². The summed E-state index contributed by atoms with van der Waals surface area (Å²) in [5.74, 6) is -2.97. The molecule has 2 amide bonds. The molecule has 0 aromatic heterocycles. The van der Waals surface area contributed by atoms with E-state index < -0.39 is 29.7 Å². The standard InChI is InChI=1S/C26H25F3N2O3S/c27-26(28,29)23(32)17-35-14-6-11-22(31-24(33)15-18-7-2-1-3-8-18)25(34)30-21-13-12-19-9-4-5-10-20(19)16-21/h1-5,7-10,12-13,16,22H,6,11,14-15,17H2,(H,30,34)(H,31,33)/t22-/m0/s1. The third-order valence-corrected chi connectivity index (χ3v) is 6.25. The van der Waals surface area contributed by atoms with Gasteiger partial charge in [0.1, 0.15) is 6.04 Å². The summed E-state index contributed by atoms with van der Waals surface area (Å²) in [6.45, 7) is 0. The minimum atomic E-state index is -4.85. The highest BCUT2D eigenvalue weighted by Gasteiger charge is 2.37. The minimum absolute atomic E-state index is 0.0927. The van der Waals surface area contributed by atoms with Gasteiger partial charge in [-0.2, -0.15) is 24.9 Å². The number of amides is 2. The van der Waals surface area contributed by atoms with Crippen LogP contribution in [0.15, 0.2) is 72.8 Å². The van der Waals surface area contributed by atoms with Crippen molar-refractivity contribution in [2.24, 2.45) is 0 Å². The number of thioether (sulfide) groups is 1. The van der Waals surface area contributed by atoms with Gasteiger partial charge in [-0.15, -0.1) is 0 Å². The summed E-state index contributed by atoms with van der Waals surface area (Å²) < 4.78 is 37.1. The van der Waals surface area contributed by atoms with Crippen molar-refractivity contribution in [2.45, 2.75) is 31.5 Å².